The van der Waals surface area contributed by atoms with Gasteiger partial charge in [0, 0.05) is 18.3 Å². The minimum absolute atomic E-state index is 0.259. The molecule has 28 heavy (non-hydrogen) atoms. The second kappa shape index (κ2) is 7.01. The van der Waals surface area contributed by atoms with Crippen LogP contribution in [0.15, 0.2) is 42.5 Å². The number of anilines is 2. The van der Waals surface area contributed by atoms with Crippen LogP contribution in [0.1, 0.15) is 12.5 Å². The van der Waals surface area contributed by atoms with Crippen LogP contribution in [0.3, 0.4) is 0 Å². The molecular weight excluding hydrogens is 380 g/mol. The van der Waals surface area contributed by atoms with Gasteiger partial charge in [0.2, 0.25) is 10.0 Å². The lowest BCUT2D eigenvalue weighted by Gasteiger charge is -2.32. The summed E-state index contributed by atoms with van der Waals surface area (Å²) in [7, 11) is -3.71. The summed E-state index contributed by atoms with van der Waals surface area (Å²) in [6.07, 6.45) is 1.86. The molecule has 0 bridgehead atoms. The van der Waals surface area contributed by atoms with E-state index in [1.807, 2.05) is 24.3 Å². The third-order valence-electron chi connectivity index (χ3n) is 5.00. The molecule has 7 nitrogen and oxygen atoms in total. The van der Waals surface area contributed by atoms with Crippen LogP contribution in [0.25, 0.3) is 0 Å². The molecule has 0 radical (unpaired) electrons. The molecular formula is C20H22N2O5S. The highest BCUT2D eigenvalue weighted by atomic mass is 32.2. The largest absolute Gasteiger partial charge is 0.486 e. The smallest absolute Gasteiger partial charge is 0.250 e. The Morgan fingerprint density at radius 2 is 1.82 bits per heavy atom. The zero-order valence-corrected chi connectivity index (χ0v) is 16.6. The summed E-state index contributed by atoms with van der Waals surface area (Å²) < 4.78 is 37.4. The summed E-state index contributed by atoms with van der Waals surface area (Å²) in [6, 6.07) is 11.7. The second-order valence-corrected chi connectivity index (χ2v) is 8.79. The fraction of sp³-hybridized carbons (Fsp3) is 0.350. The van der Waals surface area contributed by atoms with Crippen LogP contribution in [-0.2, 0) is 21.2 Å². The maximum Gasteiger partial charge on any atom is 0.250 e. The maximum atomic E-state index is 13.2. The molecule has 0 aliphatic carbocycles. The minimum Gasteiger partial charge on any atom is -0.486 e. The summed E-state index contributed by atoms with van der Waals surface area (Å²) in [5.74, 6) is 0.782. The second-order valence-electron chi connectivity index (χ2n) is 6.93. The molecule has 4 rings (SSSR count). The summed E-state index contributed by atoms with van der Waals surface area (Å²) in [5, 5.41) is 0. The molecule has 0 unspecified atom stereocenters. The standard InChI is InChI=1S/C20H22N2O5S/c1-14(20(23)21-10-9-15-5-3-4-6-17(15)21)22(28(2,24)25)16-7-8-18-19(13-16)27-12-11-26-18/h3-8,13-14H,9-12H2,1-2H3/t14-/m0/s1. The van der Waals surface area contributed by atoms with Gasteiger partial charge < -0.3 is 14.4 Å². The summed E-state index contributed by atoms with van der Waals surface area (Å²) >= 11 is 0. The molecule has 1 atom stereocenters. The predicted molar refractivity (Wildman–Crippen MR) is 107 cm³/mol. The molecule has 148 valence electrons. The molecule has 1 amide bonds. The molecule has 0 saturated heterocycles. The monoisotopic (exact) mass is 402 g/mol. The summed E-state index contributed by atoms with van der Waals surface area (Å²) in [5.41, 5.74) is 2.31. The van der Waals surface area contributed by atoms with E-state index in [1.54, 1.807) is 30.0 Å². The van der Waals surface area contributed by atoms with Crippen molar-refractivity contribution in [3.05, 3.63) is 48.0 Å². The quantitative estimate of drug-likeness (QED) is 0.784. The molecule has 8 heteroatoms. The number of rotatable bonds is 4. The fourth-order valence-corrected chi connectivity index (χ4v) is 4.93. The molecule has 2 aliphatic rings. The highest BCUT2D eigenvalue weighted by Crippen LogP contribution is 2.36. The third kappa shape index (κ3) is 3.28. The fourth-order valence-electron chi connectivity index (χ4n) is 3.76. The van der Waals surface area contributed by atoms with Gasteiger partial charge in [0.15, 0.2) is 11.5 Å². The zero-order valence-electron chi connectivity index (χ0n) is 15.8. The molecule has 0 fully saturated rings. The van der Waals surface area contributed by atoms with Crippen molar-refractivity contribution in [1.82, 2.24) is 0 Å². The van der Waals surface area contributed by atoms with Crippen LogP contribution in [-0.4, -0.2) is 46.4 Å². The molecule has 2 aromatic rings. The van der Waals surface area contributed by atoms with E-state index in [2.05, 4.69) is 0 Å². The first kappa shape index (κ1) is 18.6. The van der Waals surface area contributed by atoms with E-state index in [4.69, 9.17) is 9.47 Å². The number of benzene rings is 2. The van der Waals surface area contributed by atoms with Crippen LogP contribution in [0.4, 0.5) is 11.4 Å². The van der Waals surface area contributed by atoms with Crippen molar-refractivity contribution in [2.24, 2.45) is 0 Å². The van der Waals surface area contributed by atoms with Crippen molar-refractivity contribution in [3.63, 3.8) is 0 Å². The molecule has 0 saturated carbocycles. The number of carbonyl (C=O) groups is 1. The molecule has 0 spiro atoms. The Balaban J connectivity index is 1.68. The van der Waals surface area contributed by atoms with Crippen LogP contribution >= 0.6 is 0 Å². The van der Waals surface area contributed by atoms with Crippen LogP contribution in [0.2, 0.25) is 0 Å². The Labute approximate surface area is 164 Å². The Kier molecular flexibility index (Phi) is 4.66. The molecule has 2 aromatic carbocycles. The minimum atomic E-state index is -3.71. The summed E-state index contributed by atoms with van der Waals surface area (Å²) in [6.45, 7) is 3.00. The lowest BCUT2D eigenvalue weighted by Crippen LogP contribution is -2.49. The van der Waals surface area contributed by atoms with Gasteiger partial charge in [0.05, 0.1) is 11.9 Å². The van der Waals surface area contributed by atoms with Gasteiger partial charge in [0.1, 0.15) is 19.3 Å². The van der Waals surface area contributed by atoms with Crippen LogP contribution in [0, 0.1) is 0 Å². The van der Waals surface area contributed by atoms with E-state index in [9.17, 15) is 13.2 Å². The number of para-hydroxylation sites is 1. The maximum absolute atomic E-state index is 13.2. The van der Waals surface area contributed by atoms with Gasteiger partial charge in [0.25, 0.3) is 5.91 Å². The van der Waals surface area contributed by atoms with Gasteiger partial charge in [-0.2, -0.15) is 0 Å². The van der Waals surface area contributed by atoms with Crippen molar-refractivity contribution in [1.29, 1.82) is 0 Å². The van der Waals surface area contributed by atoms with Gasteiger partial charge in [-0.05, 0) is 37.1 Å². The average Bonchev–Trinajstić information content (AvgIpc) is 3.10. The summed E-state index contributed by atoms with van der Waals surface area (Å²) in [4.78, 5) is 14.9. The number of nitrogens with zero attached hydrogens (tertiary/aromatic N) is 2. The topological polar surface area (TPSA) is 76.2 Å². The van der Waals surface area contributed by atoms with Gasteiger partial charge >= 0.3 is 0 Å². The first-order chi connectivity index (χ1) is 13.4. The lowest BCUT2D eigenvalue weighted by molar-refractivity contribution is -0.119. The van der Waals surface area contributed by atoms with Gasteiger partial charge in [-0.3, -0.25) is 9.10 Å². The van der Waals surface area contributed by atoms with Crippen LogP contribution < -0.4 is 18.7 Å². The highest BCUT2D eigenvalue weighted by molar-refractivity contribution is 7.92. The number of ether oxygens (including phenoxy) is 2. The zero-order chi connectivity index (χ0) is 19.9. The van der Waals surface area contributed by atoms with E-state index in [0.717, 1.165) is 28.2 Å². The van der Waals surface area contributed by atoms with Crippen molar-refractivity contribution < 1.29 is 22.7 Å². The Hall–Kier alpha value is -2.74. The predicted octanol–water partition coefficient (Wildman–Crippen LogP) is 2.20. The first-order valence-electron chi connectivity index (χ1n) is 9.14. The highest BCUT2D eigenvalue weighted by Gasteiger charge is 2.35. The normalized spacial score (nSPS) is 16.4. The van der Waals surface area contributed by atoms with Crippen molar-refractivity contribution in [2.45, 2.75) is 19.4 Å². The molecule has 0 N–H and O–H groups in total. The Bertz CT molecular complexity index is 1020. The lowest BCUT2D eigenvalue weighted by atomic mass is 10.2. The van der Waals surface area contributed by atoms with E-state index in [0.29, 0.717) is 36.9 Å². The van der Waals surface area contributed by atoms with Crippen molar-refractivity contribution in [2.75, 3.05) is 35.2 Å². The number of sulfonamides is 1. The van der Waals surface area contributed by atoms with E-state index in [-0.39, 0.29) is 5.91 Å². The third-order valence-corrected chi connectivity index (χ3v) is 6.24. The number of hydrogen-bond donors (Lipinski definition) is 0. The molecule has 0 aromatic heterocycles. The molecule has 2 heterocycles. The van der Waals surface area contributed by atoms with Gasteiger partial charge in [-0.1, -0.05) is 18.2 Å². The van der Waals surface area contributed by atoms with Crippen molar-refractivity contribution in [3.8, 4) is 11.5 Å². The van der Waals surface area contributed by atoms with Gasteiger partial charge in [-0.25, -0.2) is 8.42 Å². The van der Waals surface area contributed by atoms with Gasteiger partial charge in [-0.15, -0.1) is 0 Å². The Morgan fingerprint density at radius 3 is 2.57 bits per heavy atom. The number of carbonyl (C=O) groups excluding carboxylic acids is 1. The van der Waals surface area contributed by atoms with Crippen molar-refractivity contribution >= 4 is 27.3 Å². The number of amides is 1. The molecule has 2 aliphatic heterocycles. The Morgan fingerprint density at radius 1 is 1.11 bits per heavy atom. The SMILES string of the molecule is C[C@@H](C(=O)N1CCc2ccccc21)N(c1ccc2c(c1)OCCO2)S(C)(=O)=O. The van der Waals surface area contributed by atoms with E-state index < -0.39 is 16.1 Å². The van der Waals surface area contributed by atoms with Crippen LogP contribution in [0.5, 0.6) is 11.5 Å². The number of fused-ring (bicyclic) bond motifs is 2. The van der Waals surface area contributed by atoms with E-state index in [1.165, 1.54) is 0 Å². The van der Waals surface area contributed by atoms with E-state index >= 15 is 0 Å². The first-order valence-corrected chi connectivity index (χ1v) is 11.0. The average molecular weight is 402 g/mol. The number of hydrogen-bond acceptors (Lipinski definition) is 5.